The molecule has 2 nitrogen and oxygen atoms in total. The highest BCUT2D eigenvalue weighted by molar-refractivity contribution is 8.26. The van der Waals surface area contributed by atoms with Gasteiger partial charge < -0.3 is 9.47 Å². The molecule has 0 N–H and O–H groups in total. The van der Waals surface area contributed by atoms with Crippen molar-refractivity contribution in [1.29, 1.82) is 0 Å². The Morgan fingerprint density at radius 2 is 1.00 bits per heavy atom. The molecule has 0 bridgehead atoms. The first-order valence-corrected chi connectivity index (χ1v) is 16.1. The number of rotatable bonds is 3. The molecular weight excluding hydrogens is 527 g/mol. The van der Waals surface area contributed by atoms with Gasteiger partial charge in [0.15, 0.2) is 0 Å². The van der Waals surface area contributed by atoms with Crippen LogP contribution in [0.15, 0.2) is 140 Å². The van der Waals surface area contributed by atoms with Crippen molar-refractivity contribution in [3.05, 3.63) is 140 Å². The predicted octanol–water partition coefficient (Wildman–Crippen LogP) is 8.65. The molecule has 190 valence electrons. The van der Waals surface area contributed by atoms with Gasteiger partial charge in [0.25, 0.3) is 0 Å². The fourth-order valence-electron chi connectivity index (χ4n) is 5.86. The monoisotopic (exact) mass is 550 g/mol. The van der Waals surface area contributed by atoms with E-state index in [-0.39, 0.29) is 0 Å². The van der Waals surface area contributed by atoms with Gasteiger partial charge in [0, 0.05) is 21.7 Å². The zero-order valence-electron chi connectivity index (χ0n) is 21.5. The van der Waals surface area contributed by atoms with Crippen LogP contribution in [0, 0.1) is 0 Å². The van der Waals surface area contributed by atoms with Crippen molar-refractivity contribution in [2.75, 3.05) is 0 Å². The molecule has 0 amide bonds. The SMILES string of the molecule is S=P12c3cc(-c4ccccc4)ccc3Oc3c(-c4ccccc4)ccc(c31)Oc1c(-c3ccccc3)cccc12. The van der Waals surface area contributed by atoms with E-state index in [2.05, 4.69) is 121 Å². The average Bonchev–Trinajstić information content (AvgIpc) is 3.02. The molecule has 40 heavy (non-hydrogen) atoms. The van der Waals surface area contributed by atoms with Crippen LogP contribution in [0.2, 0.25) is 0 Å². The first-order chi connectivity index (χ1) is 19.7. The summed E-state index contributed by atoms with van der Waals surface area (Å²) in [6.45, 7) is 0. The van der Waals surface area contributed by atoms with Gasteiger partial charge in [-0.15, -0.1) is 0 Å². The van der Waals surface area contributed by atoms with Gasteiger partial charge in [0.05, 0.1) is 11.3 Å². The van der Waals surface area contributed by atoms with Crippen molar-refractivity contribution in [3.63, 3.8) is 0 Å². The summed E-state index contributed by atoms with van der Waals surface area (Å²) < 4.78 is 13.6. The molecule has 1 atom stereocenters. The molecule has 0 saturated heterocycles. The first kappa shape index (κ1) is 23.5. The van der Waals surface area contributed by atoms with Crippen molar-refractivity contribution in [2.45, 2.75) is 0 Å². The van der Waals surface area contributed by atoms with Crippen molar-refractivity contribution >= 4 is 33.8 Å². The Hall–Kier alpha value is -4.43. The third kappa shape index (κ3) is 3.45. The summed E-state index contributed by atoms with van der Waals surface area (Å²) in [5.74, 6) is 3.26. The maximum atomic E-state index is 6.94. The van der Waals surface area contributed by atoms with Crippen molar-refractivity contribution in [3.8, 4) is 56.4 Å². The Balaban J connectivity index is 1.44. The quantitative estimate of drug-likeness (QED) is 0.205. The summed E-state index contributed by atoms with van der Waals surface area (Å²) >= 11 is 6.94. The number of hydrogen-bond donors (Lipinski definition) is 0. The second kappa shape index (κ2) is 9.06. The molecule has 6 aromatic carbocycles. The third-order valence-electron chi connectivity index (χ3n) is 7.74. The molecule has 0 radical (unpaired) electrons. The normalized spacial score (nSPS) is 16.1. The largest absolute Gasteiger partial charge is 0.455 e. The Morgan fingerprint density at radius 3 is 1.68 bits per heavy atom. The second-order valence-electron chi connectivity index (χ2n) is 10.0. The van der Waals surface area contributed by atoms with Gasteiger partial charge in [-0.3, -0.25) is 0 Å². The Labute approximate surface area is 238 Å². The molecule has 4 heteroatoms. The molecular formula is C36H23O2PS. The Morgan fingerprint density at radius 1 is 0.425 bits per heavy atom. The number of para-hydroxylation sites is 1. The van der Waals surface area contributed by atoms with Crippen LogP contribution in [-0.2, 0) is 11.8 Å². The molecule has 0 aromatic heterocycles. The van der Waals surface area contributed by atoms with E-state index in [0.29, 0.717) is 0 Å². The topological polar surface area (TPSA) is 18.5 Å². The number of benzene rings is 6. The van der Waals surface area contributed by atoms with Crippen LogP contribution in [0.25, 0.3) is 33.4 Å². The maximum absolute atomic E-state index is 6.94. The maximum Gasteiger partial charge on any atom is 0.148 e. The molecule has 0 aliphatic carbocycles. The summed E-state index contributed by atoms with van der Waals surface area (Å²) in [4.78, 5) is 0. The van der Waals surface area contributed by atoms with Crippen molar-refractivity contribution < 1.29 is 9.47 Å². The lowest BCUT2D eigenvalue weighted by molar-refractivity contribution is 0.468. The van der Waals surface area contributed by atoms with Gasteiger partial charge in [-0.1, -0.05) is 121 Å². The summed E-state index contributed by atoms with van der Waals surface area (Å²) in [5, 5.41) is 3.13. The zero-order chi connectivity index (χ0) is 26.7. The summed E-state index contributed by atoms with van der Waals surface area (Å²) in [6, 6.07) is 45.7. The van der Waals surface area contributed by atoms with E-state index in [1.807, 2.05) is 18.2 Å². The lowest BCUT2D eigenvalue weighted by Gasteiger charge is -2.39. The van der Waals surface area contributed by atoms with E-state index in [1.165, 1.54) is 0 Å². The molecule has 0 fully saturated rings. The lowest BCUT2D eigenvalue weighted by Crippen LogP contribution is -2.35. The van der Waals surface area contributed by atoms with Crippen molar-refractivity contribution in [2.24, 2.45) is 0 Å². The van der Waals surface area contributed by atoms with Gasteiger partial charge in [-0.05, 0) is 52.6 Å². The smallest absolute Gasteiger partial charge is 0.148 e. The molecule has 8 rings (SSSR count). The summed E-state index contributed by atoms with van der Waals surface area (Å²) in [7, 11) is 0. The summed E-state index contributed by atoms with van der Waals surface area (Å²) in [5.41, 5.74) is 6.56. The van der Waals surface area contributed by atoms with E-state index in [4.69, 9.17) is 21.3 Å². The van der Waals surface area contributed by atoms with E-state index < -0.39 is 6.04 Å². The zero-order valence-corrected chi connectivity index (χ0v) is 23.2. The molecule has 2 heterocycles. The lowest BCUT2D eigenvalue weighted by atomic mass is 10.0. The van der Waals surface area contributed by atoms with E-state index in [1.54, 1.807) is 0 Å². The highest BCUT2D eigenvalue weighted by atomic mass is 32.4. The second-order valence-corrected chi connectivity index (χ2v) is 14.3. The van der Waals surface area contributed by atoms with E-state index in [0.717, 1.165) is 72.3 Å². The predicted molar refractivity (Wildman–Crippen MR) is 169 cm³/mol. The molecule has 2 aliphatic heterocycles. The fraction of sp³-hybridized carbons (Fsp3) is 0. The van der Waals surface area contributed by atoms with Crippen LogP contribution in [0.4, 0.5) is 0 Å². The van der Waals surface area contributed by atoms with E-state index >= 15 is 0 Å². The van der Waals surface area contributed by atoms with Crippen molar-refractivity contribution in [1.82, 2.24) is 0 Å². The number of fused-ring (bicyclic) bond motifs is 4. The molecule has 2 aliphatic rings. The standard InChI is InChI=1S/C36H23O2PS/c40-39-32-18-10-17-28(25-13-6-2-7-14-25)34(32)38-31-22-20-29(26-15-8-3-9-16-26)35(36(31)39)37-30-21-19-27(23-33(30)39)24-11-4-1-5-12-24/h1-23H. The molecule has 6 aromatic rings. The number of ether oxygens (including phenoxy) is 2. The first-order valence-electron chi connectivity index (χ1n) is 13.3. The molecule has 0 spiro atoms. The summed E-state index contributed by atoms with van der Waals surface area (Å²) in [6.07, 6.45) is 0. The third-order valence-corrected chi connectivity index (χ3v) is 12.6. The van der Waals surface area contributed by atoms with Crippen LogP contribution < -0.4 is 25.4 Å². The van der Waals surface area contributed by atoms with Crippen LogP contribution in [0.5, 0.6) is 23.0 Å². The average molecular weight is 551 g/mol. The Kier molecular flexibility index (Phi) is 5.31. The fourth-order valence-corrected chi connectivity index (χ4v) is 10.4. The highest BCUT2D eigenvalue weighted by Crippen LogP contribution is 2.61. The van der Waals surface area contributed by atoms with Crippen LogP contribution in [0.3, 0.4) is 0 Å². The van der Waals surface area contributed by atoms with Gasteiger partial charge in [-0.25, -0.2) is 0 Å². The van der Waals surface area contributed by atoms with Crippen LogP contribution in [-0.4, -0.2) is 0 Å². The van der Waals surface area contributed by atoms with Gasteiger partial charge in [0.2, 0.25) is 0 Å². The van der Waals surface area contributed by atoms with Crippen LogP contribution in [0.1, 0.15) is 0 Å². The minimum absolute atomic E-state index is 0.782. The number of hydrogen-bond acceptors (Lipinski definition) is 3. The Bertz CT molecular complexity index is 1960. The minimum Gasteiger partial charge on any atom is -0.455 e. The van der Waals surface area contributed by atoms with Gasteiger partial charge >= 0.3 is 0 Å². The molecule has 1 unspecified atom stereocenters. The van der Waals surface area contributed by atoms with Gasteiger partial charge in [-0.2, -0.15) is 0 Å². The molecule has 0 saturated carbocycles. The van der Waals surface area contributed by atoms with Crippen LogP contribution >= 0.6 is 6.04 Å². The highest BCUT2D eigenvalue weighted by Gasteiger charge is 2.44. The minimum atomic E-state index is -2.57. The van der Waals surface area contributed by atoms with E-state index in [9.17, 15) is 0 Å². The van der Waals surface area contributed by atoms with Gasteiger partial charge in [0.1, 0.15) is 23.0 Å².